The molecule has 0 bridgehead atoms. The minimum Gasteiger partial charge on any atom is -0.506 e. The van der Waals surface area contributed by atoms with Crippen molar-refractivity contribution in [3.8, 4) is 0 Å². The average Bonchev–Trinajstić information content (AvgIpc) is 2.63. The Balaban J connectivity index is 2.05. The minimum atomic E-state index is -1.94. The zero-order valence-corrected chi connectivity index (χ0v) is 17.2. The number of benzene rings is 1. The molecule has 4 N–H and O–H groups in total. The quantitative estimate of drug-likeness (QED) is 0.439. The number of anilines is 1. The fourth-order valence-corrected chi connectivity index (χ4v) is 3.09. The first-order valence-corrected chi connectivity index (χ1v) is 9.59. The van der Waals surface area contributed by atoms with Crippen LogP contribution in [0, 0.1) is 5.92 Å². The van der Waals surface area contributed by atoms with Gasteiger partial charge in [0.15, 0.2) is 12.2 Å². The van der Waals surface area contributed by atoms with Crippen molar-refractivity contribution in [2.24, 2.45) is 5.92 Å². The number of carbonyl (C=O) groups excluding carboxylic acids is 2. The van der Waals surface area contributed by atoms with E-state index in [0.29, 0.717) is 22.2 Å². The first-order valence-electron chi connectivity index (χ1n) is 8.83. The molecule has 158 valence electrons. The van der Waals surface area contributed by atoms with Gasteiger partial charge < -0.3 is 30.2 Å². The van der Waals surface area contributed by atoms with E-state index in [1.165, 1.54) is 0 Å². The summed E-state index contributed by atoms with van der Waals surface area (Å²) in [5.74, 6) is -3.86. The zero-order valence-electron chi connectivity index (χ0n) is 15.7. The number of carboxylic acid groups (broad SMARTS) is 1. The second-order valence-electron chi connectivity index (χ2n) is 6.93. The molecule has 29 heavy (non-hydrogen) atoms. The molecule has 0 spiro atoms. The molecule has 9 nitrogen and oxygen atoms in total. The Morgan fingerprint density at radius 2 is 2.00 bits per heavy atom. The van der Waals surface area contributed by atoms with Crippen LogP contribution in [0.4, 0.5) is 5.69 Å². The van der Waals surface area contributed by atoms with Crippen molar-refractivity contribution in [3.63, 3.8) is 0 Å². The van der Waals surface area contributed by atoms with Gasteiger partial charge in [0.2, 0.25) is 5.91 Å². The van der Waals surface area contributed by atoms with E-state index >= 15 is 0 Å². The Labute approximate surface area is 177 Å². The van der Waals surface area contributed by atoms with Gasteiger partial charge in [0.25, 0.3) is 0 Å². The molecular weight excluding hydrogens is 426 g/mol. The molecule has 1 aromatic carbocycles. The lowest BCUT2D eigenvalue weighted by Gasteiger charge is -2.33. The van der Waals surface area contributed by atoms with E-state index in [1.807, 2.05) is 13.8 Å². The van der Waals surface area contributed by atoms with Gasteiger partial charge in [-0.25, -0.2) is 4.79 Å². The molecule has 0 radical (unpaired) electrons. The van der Waals surface area contributed by atoms with Gasteiger partial charge in [-0.05, 0) is 30.5 Å². The van der Waals surface area contributed by atoms with Gasteiger partial charge in [-0.1, -0.05) is 37.0 Å². The van der Waals surface area contributed by atoms with Crippen LogP contribution in [0.15, 0.2) is 18.2 Å². The normalized spacial score (nSPS) is 20.2. The summed E-state index contributed by atoms with van der Waals surface area (Å²) in [4.78, 5) is 35.4. The molecular formula is C17H21BCl2N2O7. The van der Waals surface area contributed by atoms with Gasteiger partial charge in [-0.2, -0.15) is 0 Å². The zero-order chi connectivity index (χ0) is 21.7. The predicted octanol–water partition coefficient (Wildman–Crippen LogP) is 1.35. The fourth-order valence-electron chi connectivity index (χ4n) is 2.74. The van der Waals surface area contributed by atoms with Crippen LogP contribution in [-0.2, 0) is 23.7 Å². The van der Waals surface area contributed by atoms with Crippen LogP contribution in [0.5, 0.6) is 0 Å². The largest absolute Gasteiger partial charge is 0.552 e. The lowest BCUT2D eigenvalue weighted by Crippen LogP contribution is -2.60. The SMILES string of the molecule is CC(C)C[C@H](NC(=O)CNc1cc(Cl)ccc1Cl)B1OC(=O)[C@@H](O)[C@H](C(=O)O)O1. The summed E-state index contributed by atoms with van der Waals surface area (Å²) < 4.78 is 10.2. The van der Waals surface area contributed by atoms with Crippen molar-refractivity contribution in [1.29, 1.82) is 0 Å². The highest BCUT2D eigenvalue weighted by molar-refractivity contribution is 6.50. The summed E-state index contributed by atoms with van der Waals surface area (Å²) in [6.45, 7) is 3.58. The van der Waals surface area contributed by atoms with Gasteiger partial charge in [-0.3, -0.25) is 9.59 Å². The second kappa shape index (κ2) is 10.2. The average molecular weight is 447 g/mol. The monoisotopic (exact) mass is 446 g/mol. The van der Waals surface area contributed by atoms with Crippen LogP contribution in [-0.4, -0.2) is 59.9 Å². The maximum Gasteiger partial charge on any atom is 0.552 e. The van der Waals surface area contributed by atoms with Crippen molar-refractivity contribution in [2.75, 3.05) is 11.9 Å². The Kier molecular flexibility index (Phi) is 8.15. The fraction of sp³-hybridized carbons (Fsp3) is 0.471. The van der Waals surface area contributed by atoms with Gasteiger partial charge in [-0.15, -0.1) is 0 Å². The molecule has 1 aromatic rings. The number of hydrogen-bond acceptors (Lipinski definition) is 7. The van der Waals surface area contributed by atoms with Gasteiger partial charge in [0.1, 0.15) is 0 Å². The van der Waals surface area contributed by atoms with Crippen molar-refractivity contribution in [3.05, 3.63) is 28.2 Å². The molecule has 0 saturated carbocycles. The molecule has 1 aliphatic rings. The van der Waals surface area contributed by atoms with E-state index in [9.17, 15) is 19.5 Å². The molecule has 1 heterocycles. The standard InChI is InChI=1S/C17H21BCl2N2O7/c1-8(2)5-12(18-28-15(16(25)26)14(24)17(27)29-18)22-13(23)7-21-11-6-9(19)3-4-10(11)20/h3-4,6,8,12,14-15,21,24H,5,7H2,1-2H3,(H,22,23)(H,25,26)/t12-,14-,15+/m0/s1. The Bertz CT molecular complexity index is 780. The van der Waals surface area contributed by atoms with E-state index in [2.05, 4.69) is 10.6 Å². The number of carbonyl (C=O) groups is 3. The lowest BCUT2D eigenvalue weighted by molar-refractivity contribution is -0.172. The second-order valence-corrected chi connectivity index (χ2v) is 7.77. The highest BCUT2D eigenvalue weighted by atomic mass is 35.5. The summed E-state index contributed by atoms with van der Waals surface area (Å²) >= 11 is 11.9. The molecule has 2 rings (SSSR count). The van der Waals surface area contributed by atoms with Crippen molar-refractivity contribution in [2.45, 2.75) is 38.4 Å². The first kappa shape index (κ1) is 23.3. The maximum absolute atomic E-state index is 12.4. The van der Waals surface area contributed by atoms with Crippen LogP contribution >= 0.6 is 23.2 Å². The maximum atomic E-state index is 12.4. The first-order chi connectivity index (χ1) is 13.6. The Morgan fingerprint density at radius 3 is 2.62 bits per heavy atom. The number of halogens is 2. The number of aliphatic hydroxyl groups is 1. The summed E-state index contributed by atoms with van der Waals surface area (Å²) in [6.07, 6.45) is -3.38. The summed E-state index contributed by atoms with van der Waals surface area (Å²) in [6, 6.07) is 4.75. The minimum absolute atomic E-state index is 0.0630. The number of amides is 1. The molecule has 12 heteroatoms. The number of hydrogen-bond donors (Lipinski definition) is 4. The topological polar surface area (TPSA) is 134 Å². The predicted molar refractivity (Wildman–Crippen MR) is 107 cm³/mol. The van der Waals surface area contributed by atoms with Crippen LogP contribution in [0.3, 0.4) is 0 Å². The number of rotatable bonds is 8. The highest BCUT2D eigenvalue weighted by Crippen LogP contribution is 2.25. The van der Waals surface area contributed by atoms with E-state index in [4.69, 9.17) is 37.6 Å². The number of nitrogens with one attached hydrogen (secondary N) is 2. The molecule has 3 atom stereocenters. The van der Waals surface area contributed by atoms with Crippen LogP contribution < -0.4 is 10.6 Å². The summed E-state index contributed by atoms with van der Waals surface area (Å²) in [7, 11) is -1.35. The third-order valence-corrected chi connectivity index (χ3v) is 4.62. The molecule has 0 unspecified atom stereocenters. The van der Waals surface area contributed by atoms with E-state index in [-0.39, 0.29) is 12.5 Å². The molecule has 1 saturated heterocycles. The summed E-state index contributed by atoms with van der Waals surface area (Å²) in [5.41, 5.74) is 0.462. The molecule has 0 aromatic heterocycles. The van der Waals surface area contributed by atoms with Crippen LogP contribution in [0.25, 0.3) is 0 Å². The van der Waals surface area contributed by atoms with Crippen LogP contribution in [0.2, 0.25) is 10.0 Å². The van der Waals surface area contributed by atoms with Crippen molar-refractivity contribution in [1.82, 2.24) is 5.32 Å². The van der Waals surface area contributed by atoms with E-state index < -0.39 is 43.1 Å². The molecule has 1 amide bonds. The van der Waals surface area contributed by atoms with Gasteiger partial charge in [0.05, 0.1) is 23.2 Å². The highest BCUT2D eigenvalue weighted by Gasteiger charge is 2.49. The van der Waals surface area contributed by atoms with E-state index in [1.54, 1.807) is 18.2 Å². The van der Waals surface area contributed by atoms with Crippen molar-refractivity contribution < 1.29 is 33.9 Å². The number of aliphatic hydroxyl groups excluding tert-OH is 1. The van der Waals surface area contributed by atoms with Crippen molar-refractivity contribution >= 4 is 53.9 Å². The third-order valence-electron chi connectivity index (χ3n) is 4.05. The molecule has 1 aliphatic heterocycles. The van der Waals surface area contributed by atoms with Gasteiger partial charge >= 0.3 is 19.1 Å². The summed E-state index contributed by atoms with van der Waals surface area (Å²) in [5, 5.41) is 25.1. The smallest absolute Gasteiger partial charge is 0.506 e. The van der Waals surface area contributed by atoms with Crippen LogP contribution in [0.1, 0.15) is 20.3 Å². The third kappa shape index (κ3) is 6.50. The number of carboxylic acids is 1. The molecule has 1 fully saturated rings. The Hall–Kier alpha value is -2.01. The van der Waals surface area contributed by atoms with Gasteiger partial charge in [0, 0.05) is 5.02 Å². The lowest BCUT2D eigenvalue weighted by atomic mass is 9.72. The number of aliphatic carboxylic acids is 1. The Morgan fingerprint density at radius 1 is 1.31 bits per heavy atom. The van der Waals surface area contributed by atoms with E-state index in [0.717, 1.165) is 0 Å². The molecule has 0 aliphatic carbocycles.